The smallest absolute Gasteiger partial charge is 0.0508 e. The van der Waals surface area contributed by atoms with Crippen LogP contribution in [0.1, 0.15) is 18.4 Å². The Balaban J connectivity index is 1.93. The maximum Gasteiger partial charge on any atom is 0.0508 e. The average molecular weight is 259 g/mol. The summed E-state index contributed by atoms with van der Waals surface area (Å²) in [5.74, 6) is 0.481. The van der Waals surface area contributed by atoms with Crippen molar-refractivity contribution in [1.29, 1.82) is 0 Å². The van der Waals surface area contributed by atoms with E-state index in [0.717, 1.165) is 31.1 Å². The van der Waals surface area contributed by atoms with Crippen LogP contribution in [0.4, 0.5) is 0 Å². The Kier molecular flexibility index (Phi) is 4.51. The molecule has 0 radical (unpaired) electrons. The Bertz CT molecular complexity index is 334. The number of halogens is 2. The van der Waals surface area contributed by atoms with Gasteiger partial charge >= 0.3 is 0 Å². The number of hydrogen-bond donors (Lipinski definition) is 0. The van der Waals surface area contributed by atoms with Crippen molar-refractivity contribution in [3.8, 4) is 0 Å². The molecule has 88 valence electrons. The van der Waals surface area contributed by atoms with E-state index in [1.165, 1.54) is 12.0 Å². The molecule has 0 aromatic heterocycles. The van der Waals surface area contributed by atoms with Gasteiger partial charge in [-0.25, -0.2) is 0 Å². The highest BCUT2D eigenvalue weighted by Gasteiger charge is 2.22. The van der Waals surface area contributed by atoms with E-state index < -0.39 is 0 Å². The van der Waals surface area contributed by atoms with E-state index in [2.05, 4.69) is 6.07 Å². The average Bonchev–Trinajstić information content (AvgIpc) is 2.30. The second-order valence-corrected chi connectivity index (χ2v) is 5.32. The lowest BCUT2D eigenvalue weighted by Crippen LogP contribution is -2.27. The molecule has 0 saturated carbocycles. The molecule has 0 aliphatic carbocycles. The minimum absolute atomic E-state index is 0.152. The third-order valence-corrected chi connectivity index (χ3v) is 3.77. The van der Waals surface area contributed by atoms with Gasteiger partial charge in [-0.3, -0.25) is 0 Å². The Labute approximate surface area is 107 Å². The molecule has 16 heavy (non-hydrogen) atoms. The predicted molar refractivity (Wildman–Crippen MR) is 68.3 cm³/mol. The van der Waals surface area contributed by atoms with Crippen LogP contribution in [0.3, 0.4) is 0 Å². The molecule has 2 unspecified atom stereocenters. The number of hydrogen-bond acceptors (Lipinski definition) is 1. The molecule has 1 nitrogen and oxygen atoms in total. The van der Waals surface area contributed by atoms with E-state index in [1.54, 1.807) is 0 Å². The molecule has 3 heteroatoms. The Morgan fingerprint density at radius 3 is 3.00 bits per heavy atom. The summed E-state index contributed by atoms with van der Waals surface area (Å²) in [6, 6.07) is 7.92. The third kappa shape index (κ3) is 3.38. The van der Waals surface area contributed by atoms with E-state index in [1.807, 2.05) is 18.2 Å². The van der Waals surface area contributed by atoms with Crippen molar-refractivity contribution in [2.75, 3.05) is 13.2 Å². The second-order valence-electron chi connectivity index (χ2n) is 4.33. The molecule has 1 aliphatic heterocycles. The van der Waals surface area contributed by atoms with Gasteiger partial charge in [0.15, 0.2) is 0 Å². The lowest BCUT2D eigenvalue weighted by Gasteiger charge is -2.26. The summed E-state index contributed by atoms with van der Waals surface area (Å²) >= 11 is 12.4. The molecule has 1 fully saturated rings. The Hall–Kier alpha value is -0.240. The highest BCUT2D eigenvalue weighted by Crippen LogP contribution is 2.25. The predicted octanol–water partition coefficient (Wildman–Crippen LogP) is 3.92. The minimum Gasteiger partial charge on any atom is -0.381 e. The summed E-state index contributed by atoms with van der Waals surface area (Å²) in [4.78, 5) is 0. The van der Waals surface area contributed by atoms with Gasteiger partial charge in [-0.05, 0) is 42.9 Å². The van der Waals surface area contributed by atoms with Gasteiger partial charge < -0.3 is 4.74 Å². The zero-order chi connectivity index (χ0) is 11.4. The molecule has 0 spiro atoms. The van der Waals surface area contributed by atoms with E-state index in [-0.39, 0.29) is 5.38 Å². The summed E-state index contributed by atoms with van der Waals surface area (Å²) < 4.78 is 5.45. The van der Waals surface area contributed by atoms with Crippen molar-refractivity contribution in [3.63, 3.8) is 0 Å². The molecule has 0 bridgehead atoms. The maximum atomic E-state index is 6.42. The van der Waals surface area contributed by atoms with Gasteiger partial charge in [0, 0.05) is 17.0 Å². The number of benzene rings is 1. The van der Waals surface area contributed by atoms with Gasteiger partial charge in [-0.2, -0.15) is 0 Å². The topological polar surface area (TPSA) is 9.23 Å². The van der Waals surface area contributed by atoms with E-state index in [9.17, 15) is 0 Å². The first kappa shape index (κ1) is 12.2. The second kappa shape index (κ2) is 5.90. The minimum atomic E-state index is 0.152. The van der Waals surface area contributed by atoms with Crippen molar-refractivity contribution in [1.82, 2.24) is 0 Å². The molecular formula is C13H16Cl2O. The zero-order valence-electron chi connectivity index (χ0n) is 9.16. The first-order valence-corrected chi connectivity index (χ1v) is 6.53. The standard InChI is InChI=1S/C13H16Cl2O/c14-12-5-1-3-10(7-12)8-13(15)11-4-2-6-16-9-11/h1,3,5,7,11,13H,2,4,6,8-9H2. The molecular weight excluding hydrogens is 243 g/mol. The van der Waals surface area contributed by atoms with Gasteiger partial charge in [0.2, 0.25) is 0 Å². The fourth-order valence-electron chi connectivity index (χ4n) is 2.11. The summed E-state index contributed by atoms with van der Waals surface area (Å²) in [6.45, 7) is 1.69. The number of rotatable bonds is 3. The molecule has 2 atom stereocenters. The first-order chi connectivity index (χ1) is 7.75. The summed E-state index contributed by atoms with van der Waals surface area (Å²) in [6.07, 6.45) is 3.17. The fraction of sp³-hybridized carbons (Fsp3) is 0.538. The van der Waals surface area contributed by atoms with E-state index in [0.29, 0.717) is 5.92 Å². The van der Waals surface area contributed by atoms with Crippen LogP contribution >= 0.6 is 23.2 Å². The number of alkyl halides is 1. The SMILES string of the molecule is Clc1cccc(CC(Cl)C2CCCOC2)c1. The van der Waals surface area contributed by atoms with Crippen molar-refractivity contribution >= 4 is 23.2 Å². The van der Waals surface area contributed by atoms with Crippen LogP contribution < -0.4 is 0 Å². The Morgan fingerprint density at radius 2 is 2.31 bits per heavy atom. The van der Waals surface area contributed by atoms with Gasteiger partial charge in [0.1, 0.15) is 0 Å². The monoisotopic (exact) mass is 258 g/mol. The van der Waals surface area contributed by atoms with Gasteiger partial charge in [-0.15, -0.1) is 11.6 Å². The summed E-state index contributed by atoms with van der Waals surface area (Å²) in [7, 11) is 0. The van der Waals surface area contributed by atoms with Crippen molar-refractivity contribution in [2.24, 2.45) is 5.92 Å². The maximum absolute atomic E-state index is 6.42. The largest absolute Gasteiger partial charge is 0.381 e. The molecule has 1 heterocycles. The molecule has 0 amide bonds. The number of ether oxygens (including phenoxy) is 1. The molecule has 1 aromatic rings. The van der Waals surface area contributed by atoms with Crippen LogP contribution in [0.5, 0.6) is 0 Å². The quantitative estimate of drug-likeness (QED) is 0.747. The van der Waals surface area contributed by atoms with Crippen LogP contribution in [0.25, 0.3) is 0 Å². The third-order valence-electron chi connectivity index (χ3n) is 3.03. The molecule has 1 aliphatic rings. The van der Waals surface area contributed by atoms with Crippen LogP contribution in [0.2, 0.25) is 5.02 Å². The molecule has 1 saturated heterocycles. The van der Waals surface area contributed by atoms with Crippen molar-refractivity contribution in [2.45, 2.75) is 24.6 Å². The first-order valence-electron chi connectivity index (χ1n) is 5.72. The Morgan fingerprint density at radius 1 is 1.44 bits per heavy atom. The summed E-state index contributed by atoms with van der Waals surface area (Å²) in [5.41, 5.74) is 1.21. The van der Waals surface area contributed by atoms with Crippen LogP contribution in [-0.4, -0.2) is 18.6 Å². The molecule has 2 rings (SSSR count). The van der Waals surface area contributed by atoms with Crippen molar-refractivity contribution in [3.05, 3.63) is 34.9 Å². The van der Waals surface area contributed by atoms with Crippen LogP contribution in [-0.2, 0) is 11.2 Å². The van der Waals surface area contributed by atoms with Gasteiger partial charge in [0.25, 0.3) is 0 Å². The van der Waals surface area contributed by atoms with Crippen molar-refractivity contribution < 1.29 is 4.74 Å². The lowest BCUT2D eigenvalue weighted by molar-refractivity contribution is 0.0533. The van der Waals surface area contributed by atoms with Crippen LogP contribution in [0, 0.1) is 5.92 Å². The fourth-order valence-corrected chi connectivity index (χ4v) is 2.70. The van der Waals surface area contributed by atoms with Gasteiger partial charge in [0.05, 0.1) is 6.61 Å². The molecule has 1 aromatic carbocycles. The summed E-state index contributed by atoms with van der Waals surface area (Å²) in [5, 5.41) is 0.931. The van der Waals surface area contributed by atoms with Crippen LogP contribution in [0.15, 0.2) is 24.3 Å². The lowest BCUT2D eigenvalue weighted by atomic mass is 9.94. The van der Waals surface area contributed by atoms with E-state index in [4.69, 9.17) is 27.9 Å². The highest BCUT2D eigenvalue weighted by molar-refractivity contribution is 6.30. The normalized spacial score (nSPS) is 23.0. The van der Waals surface area contributed by atoms with E-state index >= 15 is 0 Å². The highest BCUT2D eigenvalue weighted by atomic mass is 35.5. The van der Waals surface area contributed by atoms with Gasteiger partial charge in [-0.1, -0.05) is 23.7 Å². The zero-order valence-corrected chi connectivity index (χ0v) is 10.7. The molecule has 0 N–H and O–H groups in total.